The van der Waals surface area contributed by atoms with Crippen LogP contribution in [0.25, 0.3) is 11.0 Å². The van der Waals surface area contributed by atoms with Gasteiger partial charge in [-0.1, -0.05) is 38.5 Å². The predicted molar refractivity (Wildman–Crippen MR) is 116 cm³/mol. The number of aryl methyl sites for hydroxylation is 1. The lowest BCUT2D eigenvalue weighted by molar-refractivity contribution is -0.149. The van der Waals surface area contributed by atoms with E-state index in [9.17, 15) is 19.8 Å². The van der Waals surface area contributed by atoms with Gasteiger partial charge in [-0.25, -0.2) is 4.79 Å². The number of hydrogen-bond donors (Lipinski definition) is 2. The molecule has 3 atom stereocenters. The van der Waals surface area contributed by atoms with Crippen molar-refractivity contribution in [2.45, 2.75) is 65.9 Å². The Morgan fingerprint density at radius 3 is 2.60 bits per heavy atom. The average Bonchev–Trinajstić information content (AvgIpc) is 3.06. The van der Waals surface area contributed by atoms with Crippen molar-refractivity contribution in [2.75, 3.05) is 0 Å². The van der Waals surface area contributed by atoms with Gasteiger partial charge in [-0.05, 0) is 68.6 Å². The maximum atomic E-state index is 13.3. The molecule has 2 aliphatic rings. The quantitative estimate of drug-likeness (QED) is 0.728. The molecule has 1 aromatic heterocycles. The minimum atomic E-state index is -1.59. The zero-order chi connectivity index (χ0) is 22.0. The molecule has 0 aliphatic heterocycles. The van der Waals surface area contributed by atoms with Gasteiger partial charge in [0.1, 0.15) is 16.9 Å². The summed E-state index contributed by atoms with van der Waals surface area (Å²) in [5.41, 5.74) is -0.258. The molecule has 1 heterocycles. The third-order valence-corrected chi connectivity index (χ3v) is 7.48. The number of aromatic hydroxyl groups is 1. The molecule has 5 nitrogen and oxygen atoms in total. The molecule has 0 bridgehead atoms. The van der Waals surface area contributed by atoms with Crippen molar-refractivity contribution in [2.24, 2.45) is 17.3 Å². The number of carbonyl (C=O) groups is 1. The van der Waals surface area contributed by atoms with E-state index in [1.165, 1.54) is 0 Å². The molecule has 5 heteroatoms. The van der Waals surface area contributed by atoms with Gasteiger partial charge >= 0.3 is 5.63 Å². The summed E-state index contributed by atoms with van der Waals surface area (Å²) in [5, 5.41) is 23.5. The zero-order valence-corrected chi connectivity index (χ0v) is 18.3. The van der Waals surface area contributed by atoms with Crippen LogP contribution in [0.15, 0.2) is 38.6 Å². The number of aliphatic hydroxyl groups is 1. The number of benzene rings is 1. The van der Waals surface area contributed by atoms with Crippen molar-refractivity contribution in [3.05, 3.63) is 50.9 Å². The van der Waals surface area contributed by atoms with E-state index in [2.05, 4.69) is 0 Å². The second-order valence-corrected chi connectivity index (χ2v) is 9.64. The molecule has 2 aromatic rings. The van der Waals surface area contributed by atoms with Crippen LogP contribution in [0.5, 0.6) is 5.75 Å². The molecular weight excluding hydrogens is 380 g/mol. The number of rotatable bonds is 4. The number of Topliss-reactive ketones (excluding diaryl/α,β-unsaturated/α-hetero) is 1. The first-order valence-electron chi connectivity index (χ1n) is 10.8. The molecule has 0 amide bonds. The van der Waals surface area contributed by atoms with Crippen LogP contribution >= 0.6 is 0 Å². The molecule has 0 unspecified atom stereocenters. The van der Waals surface area contributed by atoms with Gasteiger partial charge in [0.15, 0.2) is 5.78 Å². The molecule has 1 saturated carbocycles. The van der Waals surface area contributed by atoms with Crippen LogP contribution in [0.4, 0.5) is 0 Å². The smallest absolute Gasteiger partial charge is 0.343 e. The lowest BCUT2D eigenvalue weighted by Crippen LogP contribution is -2.55. The fourth-order valence-corrected chi connectivity index (χ4v) is 6.12. The summed E-state index contributed by atoms with van der Waals surface area (Å²) in [4.78, 5) is 26.2. The minimum Gasteiger partial charge on any atom is -0.507 e. The van der Waals surface area contributed by atoms with Gasteiger partial charge in [-0.15, -0.1) is 0 Å². The van der Waals surface area contributed by atoms with E-state index in [1.54, 1.807) is 19.1 Å². The summed E-state index contributed by atoms with van der Waals surface area (Å²) in [7, 11) is 0. The highest BCUT2D eigenvalue weighted by atomic mass is 16.4. The maximum Gasteiger partial charge on any atom is 0.343 e. The topological polar surface area (TPSA) is 87.7 Å². The van der Waals surface area contributed by atoms with E-state index in [0.717, 1.165) is 24.0 Å². The monoisotopic (exact) mass is 410 g/mol. The van der Waals surface area contributed by atoms with Gasteiger partial charge in [-0.2, -0.15) is 0 Å². The van der Waals surface area contributed by atoms with Crippen molar-refractivity contribution in [1.29, 1.82) is 0 Å². The summed E-state index contributed by atoms with van der Waals surface area (Å²) in [5.74, 6) is -0.252. The number of fused-ring (bicyclic) bond motifs is 2. The fraction of sp³-hybridized carbons (Fsp3) is 0.520. The van der Waals surface area contributed by atoms with Crippen molar-refractivity contribution in [3.63, 3.8) is 0 Å². The van der Waals surface area contributed by atoms with E-state index in [4.69, 9.17) is 4.42 Å². The highest BCUT2D eigenvalue weighted by molar-refractivity contribution is 6.06. The van der Waals surface area contributed by atoms with Gasteiger partial charge in [0.25, 0.3) is 0 Å². The maximum absolute atomic E-state index is 13.3. The highest BCUT2D eigenvalue weighted by Gasteiger charge is 2.66. The van der Waals surface area contributed by atoms with Crippen molar-refractivity contribution in [1.82, 2.24) is 0 Å². The Balaban J connectivity index is 1.97. The van der Waals surface area contributed by atoms with Gasteiger partial charge in [0.2, 0.25) is 0 Å². The van der Waals surface area contributed by atoms with Crippen molar-refractivity contribution < 1.29 is 19.4 Å². The van der Waals surface area contributed by atoms with E-state index in [0.29, 0.717) is 23.0 Å². The second kappa shape index (κ2) is 6.81. The normalized spacial score (nSPS) is 28.8. The molecule has 0 saturated heterocycles. The third kappa shape index (κ3) is 2.57. The largest absolute Gasteiger partial charge is 0.507 e. The first-order valence-corrected chi connectivity index (χ1v) is 10.8. The Kier molecular flexibility index (Phi) is 4.73. The zero-order valence-electron chi connectivity index (χ0n) is 18.3. The molecule has 0 radical (unpaired) electrons. The lowest BCUT2D eigenvalue weighted by atomic mass is 9.61. The number of hydrogen-bond acceptors (Lipinski definition) is 5. The minimum absolute atomic E-state index is 0.0102. The van der Waals surface area contributed by atoms with E-state index >= 15 is 0 Å². The molecule has 0 spiro atoms. The van der Waals surface area contributed by atoms with Gasteiger partial charge in [0, 0.05) is 5.41 Å². The summed E-state index contributed by atoms with van der Waals surface area (Å²) in [6.45, 7) is 9.64. The Morgan fingerprint density at radius 2 is 1.93 bits per heavy atom. The van der Waals surface area contributed by atoms with Crippen LogP contribution in [0.1, 0.15) is 58.1 Å². The summed E-state index contributed by atoms with van der Waals surface area (Å²) in [6.07, 6.45) is 1.96. The Hall–Kier alpha value is -2.40. The van der Waals surface area contributed by atoms with Crippen molar-refractivity contribution in [3.8, 4) is 5.75 Å². The summed E-state index contributed by atoms with van der Waals surface area (Å²) >= 11 is 0. The Bertz CT molecular complexity index is 1140. The van der Waals surface area contributed by atoms with Crippen LogP contribution in [-0.2, 0) is 11.2 Å². The molecule has 4 rings (SSSR count). The van der Waals surface area contributed by atoms with E-state index in [1.807, 2.05) is 33.8 Å². The van der Waals surface area contributed by atoms with Crippen LogP contribution in [-0.4, -0.2) is 21.6 Å². The van der Waals surface area contributed by atoms with Crippen LogP contribution in [0.2, 0.25) is 0 Å². The first kappa shape index (κ1) is 20.9. The fourth-order valence-electron chi connectivity index (χ4n) is 6.12. The van der Waals surface area contributed by atoms with Crippen LogP contribution < -0.4 is 5.63 Å². The second-order valence-electron chi connectivity index (χ2n) is 9.64. The summed E-state index contributed by atoms with van der Waals surface area (Å²) < 4.78 is 5.55. The predicted octanol–water partition coefficient (Wildman–Crippen LogP) is 4.44. The molecule has 1 fully saturated rings. The number of carbonyl (C=O) groups excluding carboxylic acids is 1. The molecule has 2 aliphatic carbocycles. The van der Waals surface area contributed by atoms with E-state index in [-0.39, 0.29) is 35.4 Å². The molecule has 1 aromatic carbocycles. The molecule has 160 valence electrons. The van der Waals surface area contributed by atoms with Crippen molar-refractivity contribution >= 4 is 16.8 Å². The van der Waals surface area contributed by atoms with Gasteiger partial charge in [0.05, 0.1) is 10.9 Å². The summed E-state index contributed by atoms with van der Waals surface area (Å²) in [6, 6.07) is 5.29. The number of ketones is 1. The first-order chi connectivity index (χ1) is 14.0. The average molecular weight is 411 g/mol. The highest BCUT2D eigenvalue weighted by Crippen LogP contribution is 2.63. The Morgan fingerprint density at radius 1 is 1.23 bits per heavy atom. The molecule has 2 N–H and O–H groups in total. The lowest BCUT2D eigenvalue weighted by Gasteiger charge is -2.45. The van der Waals surface area contributed by atoms with E-state index < -0.39 is 16.6 Å². The van der Waals surface area contributed by atoms with Crippen LogP contribution in [0, 0.1) is 24.2 Å². The molecular formula is C25H30O5. The third-order valence-electron chi connectivity index (χ3n) is 7.48. The SMILES string of the molecule is CC1=C2CC[C@H](C)[C@@]2(Cc2c(O)c3c(C)cccc3oc2=O)[C@@](O)(CC(C)C)C1=O. The molecule has 30 heavy (non-hydrogen) atoms. The van der Waals surface area contributed by atoms with Gasteiger partial charge < -0.3 is 14.6 Å². The Labute approximate surface area is 176 Å². The standard InChI is InChI=1S/C25H30O5/c1-13(2)11-25(29)22(27)16(5)18-10-9-15(4)24(18,25)12-17-21(26)20-14(3)7-6-8-19(20)30-23(17)28/h6-8,13,15,26,29H,9-12H2,1-5H3/t15-,24+,25+/m0/s1. The van der Waals surface area contributed by atoms with Gasteiger partial charge in [-0.3, -0.25) is 4.79 Å². The van der Waals surface area contributed by atoms with Crippen LogP contribution in [0.3, 0.4) is 0 Å².